The van der Waals surface area contributed by atoms with Gasteiger partial charge < -0.3 is 30.6 Å². The zero-order valence-corrected chi connectivity index (χ0v) is 30.6. The molecule has 4 bridgehead atoms. The second-order valence-electron chi connectivity index (χ2n) is 13.6. The fourth-order valence-corrected chi connectivity index (χ4v) is 21.0. The number of carbonyl (C=O) groups excluding carboxylic acids is 4. The van der Waals surface area contributed by atoms with Crippen LogP contribution in [0.15, 0.2) is 48.5 Å². The number of anilines is 2. The lowest BCUT2D eigenvalue weighted by atomic mass is 9.52. The minimum absolute atomic E-state index is 0.346. The summed E-state index contributed by atoms with van der Waals surface area (Å²) in [4.78, 5) is 59.0. The maximum Gasteiger partial charge on any atom is 0.264 e. The molecule has 12 nitrogen and oxygen atoms in total. The summed E-state index contributed by atoms with van der Waals surface area (Å²) in [5.74, 6) is -1.56. The molecule has 0 aliphatic carbocycles. The fraction of sp³-hybridized carbons (Fsp3) is 0.467. The van der Waals surface area contributed by atoms with Crippen molar-refractivity contribution in [3.05, 3.63) is 59.7 Å². The number of aliphatic hydroxyl groups excluding tert-OH is 2. The Balaban J connectivity index is 1.35. The van der Waals surface area contributed by atoms with Gasteiger partial charge in [-0.1, -0.05) is 47.2 Å². The van der Waals surface area contributed by atoms with Crippen LogP contribution in [0.4, 0.5) is 11.4 Å². The van der Waals surface area contributed by atoms with E-state index >= 15 is 4.79 Å². The van der Waals surface area contributed by atoms with Crippen LogP contribution in [0.25, 0.3) is 0 Å². The van der Waals surface area contributed by atoms with Crippen molar-refractivity contribution >= 4 is 97.8 Å². The summed E-state index contributed by atoms with van der Waals surface area (Å²) in [6, 6.07) is 14.8. The van der Waals surface area contributed by atoms with Gasteiger partial charge in [0.25, 0.3) is 23.6 Å². The molecule has 8 fully saturated rings. The molecule has 2 aromatic rings. The first kappa shape index (κ1) is 30.7. The smallest absolute Gasteiger partial charge is 0.264 e. The SMILES string of the molecule is CN1C(=O)[C@@]23SSC1(C)C(=O)N2[C@H]1Nc2ccccc2[C@@]1([C@@]12c4ccccc4N[C@@H]1N1C(=O)[C@@]4(C)SSSSC1(C(=O)N4C)[C@H]2O)[C@@H]3O. The minimum Gasteiger partial charge on any atom is -0.388 e. The van der Waals surface area contributed by atoms with Crippen LogP contribution in [-0.2, 0) is 30.0 Å². The topological polar surface area (TPSA) is 146 Å². The first-order valence-corrected chi connectivity index (χ1v) is 22.2. The van der Waals surface area contributed by atoms with E-state index in [1.807, 2.05) is 48.5 Å². The van der Waals surface area contributed by atoms with E-state index in [2.05, 4.69) is 10.6 Å². The molecule has 2 aromatic carbocycles. The summed E-state index contributed by atoms with van der Waals surface area (Å²) in [7, 11) is 10.7. The van der Waals surface area contributed by atoms with Crippen molar-refractivity contribution in [1.82, 2.24) is 19.6 Å². The molecule has 10 heterocycles. The van der Waals surface area contributed by atoms with E-state index in [1.165, 1.54) is 71.6 Å². The summed E-state index contributed by atoms with van der Waals surface area (Å²) >= 11 is 0. The van der Waals surface area contributed by atoms with E-state index in [0.717, 1.165) is 10.8 Å². The Morgan fingerprint density at radius 3 is 1.52 bits per heavy atom. The largest absolute Gasteiger partial charge is 0.388 e. The van der Waals surface area contributed by atoms with Crippen molar-refractivity contribution in [3.63, 3.8) is 0 Å². The maximum absolute atomic E-state index is 15.0. The van der Waals surface area contributed by atoms with Crippen LogP contribution in [0.5, 0.6) is 0 Å². The highest BCUT2D eigenvalue weighted by atomic mass is 33.7. The van der Waals surface area contributed by atoms with Crippen LogP contribution in [0.3, 0.4) is 0 Å². The average Bonchev–Trinajstić information content (AvgIpc) is 3.73. The average molecular weight is 761 g/mol. The Bertz CT molecular complexity index is 1940. The molecule has 4 N–H and O–H groups in total. The molecule has 0 radical (unpaired) electrons. The number of hydrogen-bond acceptors (Lipinski definition) is 14. The monoisotopic (exact) mass is 760 g/mol. The van der Waals surface area contributed by atoms with Crippen LogP contribution < -0.4 is 10.6 Å². The van der Waals surface area contributed by atoms with Crippen LogP contribution in [0.2, 0.25) is 0 Å². The molecule has 2 spiro atoms. The molecule has 12 rings (SSSR count). The van der Waals surface area contributed by atoms with E-state index in [1.54, 1.807) is 27.9 Å². The van der Waals surface area contributed by atoms with E-state index < -0.39 is 66.7 Å². The van der Waals surface area contributed by atoms with Gasteiger partial charge >= 0.3 is 0 Å². The quantitative estimate of drug-likeness (QED) is 0.316. The number of nitrogens with one attached hydrogen (secondary N) is 2. The lowest BCUT2D eigenvalue weighted by Crippen LogP contribution is -2.77. The number of carbonyl (C=O) groups is 4. The first-order valence-electron chi connectivity index (χ1n) is 15.2. The number of likely N-dealkylation sites (N-methyl/N-ethyl adjacent to an activating group) is 2. The Hall–Kier alpha value is -2.06. The number of amides is 4. The molecular formula is C30H28N6O6S6. The van der Waals surface area contributed by atoms with E-state index in [0.29, 0.717) is 22.5 Å². The van der Waals surface area contributed by atoms with Crippen LogP contribution in [-0.4, -0.2) is 112 Å². The summed E-state index contributed by atoms with van der Waals surface area (Å²) in [6.07, 6.45) is -5.31. The number of benzene rings is 2. The summed E-state index contributed by atoms with van der Waals surface area (Å²) in [5, 5.41) is 34.0. The maximum atomic E-state index is 15.0. The number of para-hydroxylation sites is 2. The molecule has 10 atom stereocenters. The third kappa shape index (κ3) is 2.71. The predicted octanol–water partition coefficient (Wildman–Crippen LogP) is 2.63. The van der Waals surface area contributed by atoms with Gasteiger partial charge in [-0.05, 0) is 89.1 Å². The van der Waals surface area contributed by atoms with Crippen LogP contribution in [0.1, 0.15) is 25.0 Å². The zero-order chi connectivity index (χ0) is 33.6. The number of rotatable bonds is 1. The fourth-order valence-electron chi connectivity index (χ4n) is 9.80. The number of piperazine rings is 2. The van der Waals surface area contributed by atoms with Crippen molar-refractivity contribution in [2.45, 2.75) is 68.7 Å². The zero-order valence-electron chi connectivity index (χ0n) is 25.7. The second kappa shape index (κ2) is 9.05. The molecule has 18 heteroatoms. The molecule has 4 amide bonds. The van der Waals surface area contributed by atoms with Crippen molar-refractivity contribution in [1.29, 1.82) is 0 Å². The number of fused-ring (bicyclic) bond motifs is 13. The molecule has 250 valence electrons. The summed E-state index contributed by atoms with van der Waals surface area (Å²) in [5.41, 5.74) is -0.853. The highest BCUT2D eigenvalue weighted by Crippen LogP contribution is 2.78. The van der Waals surface area contributed by atoms with Crippen LogP contribution in [0, 0.1) is 0 Å². The Labute approximate surface area is 298 Å². The Morgan fingerprint density at radius 2 is 1.02 bits per heavy atom. The van der Waals surface area contributed by atoms with Crippen LogP contribution >= 0.6 is 62.8 Å². The van der Waals surface area contributed by atoms with Gasteiger partial charge in [-0.15, -0.1) is 0 Å². The highest BCUT2D eigenvalue weighted by Gasteiger charge is 2.92. The lowest BCUT2D eigenvalue weighted by molar-refractivity contribution is -0.166. The molecule has 0 aromatic heterocycles. The normalized spacial score (nSPS) is 46.0. The molecule has 10 aliphatic heterocycles. The van der Waals surface area contributed by atoms with Gasteiger partial charge in [0.1, 0.15) is 24.5 Å². The van der Waals surface area contributed by atoms with Gasteiger partial charge in [0, 0.05) is 25.5 Å². The third-order valence-electron chi connectivity index (χ3n) is 12.2. The van der Waals surface area contributed by atoms with Crippen molar-refractivity contribution < 1.29 is 29.4 Å². The Morgan fingerprint density at radius 1 is 0.604 bits per heavy atom. The number of hydrogen-bond donors (Lipinski definition) is 4. The number of aliphatic hydroxyl groups is 2. The molecule has 2 unspecified atom stereocenters. The van der Waals surface area contributed by atoms with E-state index in [-0.39, 0.29) is 11.8 Å². The second-order valence-corrected chi connectivity index (χ2v) is 22.7. The first-order chi connectivity index (χ1) is 22.8. The Kier molecular flexibility index (Phi) is 5.79. The molecule has 10 aliphatic rings. The van der Waals surface area contributed by atoms with E-state index in [4.69, 9.17) is 0 Å². The highest BCUT2D eigenvalue weighted by molar-refractivity contribution is 9.26. The molecular weight excluding hydrogens is 733 g/mol. The minimum atomic E-state index is -1.82. The predicted molar refractivity (Wildman–Crippen MR) is 190 cm³/mol. The van der Waals surface area contributed by atoms with Gasteiger partial charge in [-0.2, -0.15) is 0 Å². The van der Waals surface area contributed by atoms with Gasteiger partial charge in [0.05, 0.1) is 10.8 Å². The molecule has 0 saturated carbocycles. The van der Waals surface area contributed by atoms with Gasteiger partial charge in [-0.3, -0.25) is 29.0 Å². The third-order valence-corrected chi connectivity index (χ3v) is 23.2. The molecule has 8 saturated heterocycles. The van der Waals surface area contributed by atoms with Crippen molar-refractivity contribution in [2.75, 3.05) is 24.7 Å². The van der Waals surface area contributed by atoms with Gasteiger partial charge in [0.2, 0.25) is 9.74 Å². The standard InChI is InChI=1S/C30H28N6O6S6/c1-25-21(39)35-19-27(13-9-5-7-11-15(13)31-19,17(37)29(35,45-43-25)23(41)33(25)3)28-14-10-6-8-12-16(14)32-20(28)36-22(40)26(2)34(4)24(42)30(36,18(28)38)46-48-47-44-26/h5-12,17-20,31-32,37-38H,1-4H3/t17-,18-,19+,20+,25?,26+,27+,28+,29+,30?/m0/s1. The number of nitrogens with zero attached hydrogens (tertiary/aromatic N) is 4. The van der Waals surface area contributed by atoms with Crippen molar-refractivity contribution in [2.24, 2.45) is 0 Å². The van der Waals surface area contributed by atoms with Gasteiger partial charge in [-0.25, -0.2) is 0 Å². The summed E-state index contributed by atoms with van der Waals surface area (Å²) in [6.45, 7) is 3.43. The molecule has 48 heavy (non-hydrogen) atoms. The van der Waals surface area contributed by atoms with Gasteiger partial charge in [0.15, 0.2) is 9.74 Å². The lowest BCUT2D eigenvalue weighted by Gasteiger charge is -2.58. The van der Waals surface area contributed by atoms with E-state index in [9.17, 15) is 24.6 Å². The van der Waals surface area contributed by atoms with Crippen molar-refractivity contribution in [3.8, 4) is 0 Å². The summed E-state index contributed by atoms with van der Waals surface area (Å²) < 4.78 is 0.